The van der Waals surface area contributed by atoms with Gasteiger partial charge in [-0.25, -0.2) is 0 Å². The summed E-state index contributed by atoms with van der Waals surface area (Å²) in [6, 6.07) is 20.9. The van der Waals surface area contributed by atoms with Crippen LogP contribution in [0.3, 0.4) is 0 Å². The van der Waals surface area contributed by atoms with E-state index in [2.05, 4.69) is 116 Å². The normalized spacial score (nSPS) is 28.8. The van der Waals surface area contributed by atoms with E-state index in [4.69, 9.17) is 27.8 Å². The van der Waals surface area contributed by atoms with Crippen LogP contribution in [0.5, 0.6) is 0 Å². The lowest BCUT2D eigenvalue weighted by molar-refractivity contribution is -0.142. The van der Waals surface area contributed by atoms with Gasteiger partial charge in [0, 0.05) is 58.5 Å². The van der Waals surface area contributed by atoms with E-state index < -0.39 is 0 Å². The van der Waals surface area contributed by atoms with Crippen molar-refractivity contribution in [1.29, 1.82) is 0 Å². The van der Waals surface area contributed by atoms with Gasteiger partial charge in [-0.2, -0.15) is 0 Å². The van der Waals surface area contributed by atoms with E-state index in [1.54, 1.807) is 0 Å². The molecule has 8 nitrogen and oxygen atoms in total. The summed E-state index contributed by atoms with van der Waals surface area (Å²) in [5.74, 6) is 0.883. The molecule has 6 rings (SSSR count). The van der Waals surface area contributed by atoms with Crippen LogP contribution in [0.25, 0.3) is 0 Å². The molecule has 6 unspecified atom stereocenters. The molecule has 2 aliphatic heterocycles. The Labute approximate surface area is 327 Å². The van der Waals surface area contributed by atoms with Gasteiger partial charge in [0.2, 0.25) is 0 Å². The van der Waals surface area contributed by atoms with E-state index in [0.717, 1.165) is 51.4 Å². The van der Waals surface area contributed by atoms with E-state index in [9.17, 15) is 9.59 Å². The highest BCUT2D eigenvalue weighted by atomic mass is 31.1. The van der Waals surface area contributed by atoms with Crippen molar-refractivity contribution in [1.82, 2.24) is 0 Å². The summed E-state index contributed by atoms with van der Waals surface area (Å²) >= 11 is 0. The molecule has 52 heavy (non-hydrogen) atoms. The van der Waals surface area contributed by atoms with Crippen LogP contribution in [0.2, 0.25) is 0 Å². The van der Waals surface area contributed by atoms with Gasteiger partial charge >= 0.3 is 24.6 Å². The SMILES string of the molecule is O=C1C[C@@H]2[C@@H](/C=C/[C@H](CCc3ccccc3)OP)[C@H](OB(P)P)C[C@@H]2O1.O=C1C[C@@H]2[C@@H](CC[C@H](CCc3ccccc3)OP)[C@H](OB(P)P)C[C@@H]2O1.[3HH].[3HH]. The first-order valence-corrected chi connectivity index (χ1v) is 21.9. The summed E-state index contributed by atoms with van der Waals surface area (Å²) in [5.41, 5.74) is 2.64. The van der Waals surface area contributed by atoms with E-state index in [-0.39, 0.29) is 76.0 Å². The third kappa shape index (κ3) is 12.9. The summed E-state index contributed by atoms with van der Waals surface area (Å²) in [4.78, 5) is 23.3. The highest BCUT2D eigenvalue weighted by molar-refractivity contribution is 7.92. The number of ether oxygens (including phenoxy) is 2. The summed E-state index contributed by atoms with van der Waals surface area (Å²) in [6.07, 6.45) is 13.2. The summed E-state index contributed by atoms with van der Waals surface area (Å²) < 4.78 is 34.3. The maximum absolute atomic E-state index is 11.7. The second-order valence-corrected chi connectivity index (χ2v) is 18.9. The van der Waals surface area contributed by atoms with E-state index in [0.29, 0.717) is 24.7 Å². The van der Waals surface area contributed by atoms with Gasteiger partial charge in [-0.05, 0) is 55.6 Å². The summed E-state index contributed by atoms with van der Waals surface area (Å²) in [6.45, 7) is 0. The molecule has 0 bridgehead atoms. The first-order valence-electron chi connectivity index (χ1n) is 18.3. The van der Waals surface area contributed by atoms with Gasteiger partial charge in [0.25, 0.3) is 0 Å². The average Bonchev–Trinajstić information content (AvgIpc) is 3.84. The van der Waals surface area contributed by atoms with Crippen LogP contribution >= 0.6 is 55.4 Å². The van der Waals surface area contributed by atoms with Crippen LogP contribution in [0, 0.1) is 23.7 Å². The number of carbonyl (C=O) groups is 2. The van der Waals surface area contributed by atoms with Crippen LogP contribution < -0.4 is 0 Å². The van der Waals surface area contributed by atoms with Crippen molar-refractivity contribution in [3.05, 3.63) is 83.9 Å². The third-order valence-corrected chi connectivity index (χ3v) is 12.1. The smallest absolute Gasteiger partial charge is 0.336 e. The fourth-order valence-electron chi connectivity index (χ4n) is 8.27. The Kier molecular flexibility index (Phi) is 18.0. The van der Waals surface area contributed by atoms with Crippen molar-refractivity contribution < 1.29 is 40.3 Å². The Morgan fingerprint density at radius 3 is 1.85 bits per heavy atom. The van der Waals surface area contributed by atoms with Crippen molar-refractivity contribution in [3.63, 3.8) is 0 Å². The lowest BCUT2D eigenvalue weighted by Gasteiger charge is -2.26. The number of carbonyl (C=O) groups excluding carboxylic acids is 2. The summed E-state index contributed by atoms with van der Waals surface area (Å²) in [7, 11) is 15.4. The molecule has 2 aliphatic carbocycles. The predicted molar refractivity (Wildman–Crippen MR) is 234 cm³/mol. The molecule has 0 spiro atoms. The minimum atomic E-state index is -0.0897. The van der Waals surface area contributed by atoms with Crippen LogP contribution in [-0.4, -0.2) is 61.3 Å². The van der Waals surface area contributed by atoms with Gasteiger partial charge in [-0.1, -0.05) is 72.8 Å². The molecule has 2 aromatic carbocycles. The number of benzene rings is 2. The maximum Gasteiger partial charge on any atom is 0.336 e. The number of esters is 2. The van der Waals surface area contributed by atoms with E-state index in [1.807, 2.05) is 12.1 Å². The van der Waals surface area contributed by atoms with Gasteiger partial charge in [-0.15, -0.1) is 36.5 Å². The molecule has 0 amide bonds. The van der Waals surface area contributed by atoms with Crippen molar-refractivity contribution >= 4 is 80.1 Å². The highest BCUT2D eigenvalue weighted by Crippen LogP contribution is 2.46. The van der Waals surface area contributed by atoms with Gasteiger partial charge < -0.3 is 27.8 Å². The standard InChI is InChI=1S/C18H28BO4P3.C18H26BO4P3.2H2/c2*20-18-10-15-14(17(22-19(24)25)11-16(15)21-18)9-8-13(23-26)7-6-12-4-2-1-3-5-12;;/h1-5,13-17H,6-11,24-26H2;1-5,8-9,13-17H,6-7,10-11,24-26H2;2*1H/b;9-8+;;/t2*13-,14+,15+,16-,17+;;/m00../s1/i;;2*1+2. The van der Waals surface area contributed by atoms with E-state index >= 15 is 0 Å². The van der Waals surface area contributed by atoms with Crippen LogP contribution in [-0.2, 0) is 50.3 Å². The Morgan fingerprint density at radius 1 is 0.731 bits per heavy atom. The Bertz CT molecular complexity index is 1440. The molecule has 4 fully saturated rings. The fourth-order valence-corrected chi connectivity index (χ4v) is 9.58. The molecule has 0 N–H and O–H groups in total. The highest BCUT2D eigenvalue weighted by Gasteiger charge is 2.51. The molecule has 16 heteroatoms. The second kappa shape index (κ2) is 21.8. The van der Waals surface area contributed by atoms with Gasteiger partial charge in [-0.3, -0.25) is 9.59 Å². The predicted octanol–water partition coefficient (Wildman–Crippen LogP) is 7.56. The zero-order valence-electron chi connectivity index (χ0n) is 29.7. The number of fused-ring (bicyclic) bond motifs is 2. The fraction of sp³-hybridized carbons (Fsp3) is 0.556. The lowest BCUT2D eigenvalue weighted by Crippen LogP contribution is -2.27. The second-order valence-electron chi connectivity index (χ2n) is 14.2. The molecular weight excluding hydrogens is 768 g/mol. The molecule has 2 aromatic rings. The van der Waals surface area contributed by atoms with Crippen molar-refractivity contribution in [2.45, 2.75) is 101 Å². The monoisotopic (exact) mass is 830 g/mol. The quantitative estimate of drug-likeness (QED) is 0.0699. The Morgan fingerprint density at radius 2 is 1.27 bits per heavy atom. The molecule has 286 valence electrons. The molecule has 0 radical (unpaired) electrons. The zero-order chi connectivity index (χ0) is 37.0. The molecular formula is C36H58B2O8P6. The lowest BCUT2D eigenvalue weighted by atomic mass is 9.86. The maximum atomic E-state index is 11.7. The van der Waals surface area contributed by atoms with Crippen LogP contribution in [0.15, 0.2) is 72.8 Å². The molecule has 2 heterocycles. The van der Waals surface area contributed by atoms with Crippen LogP contribution in [0.4, 0.5) is 0 Å². The van der Waals surface area contributed by atoms with Gasteiger partial charge in [0.05, 0.1) is 31.2 Å². The zero-order valence-corrected chi connectivity index (χ0v) is 36.6. The average molecular weight is 830 g/mol. The molecule has 4 aliphatic rings. The molecule has 2 saturated heterocycles. The van der Waals surface area contributed by atoms with Crippen molar-refractivity contribution in [2.75, 3.05) is 0 Å². The number of rotatable bonds is 17. The van der Waals surface area contributed by atoms with E-state index in [1.165, 1.54) is 11.1 Å². The van der Waals surface area contributed by atoms with Gasteiger partial charge in [0.1, 0.15) is 12.2 Å². The largest absolute Gasteiger partial charge is 0.462 e. The van der Waals surface area contributed by atoms with Crippen molar-refractivity contribution in [2.24, 2.45) is 23.7 Å². The number of hydrogen-bond acceptors (Lipinski definition) is 8. The number of aryl methyl sites for hydroxylation is 2. The van der Waals surface area contributed by atoms with Gasteiger partial charge in [0.15, 0.2) is 0 Å². The minimum absolute atomic E-state index is 0. The first-order chi connectivity index (χ1) is 25.1. The third-order valence-electron chi connectivity index (χ3n) is 10.8. The van der Waals surface area contributed by atoms with Crippen molar-refractivity contribution in [3.8, 4) is 0 Å². The molecule has 0 aromatic heterocycles. The minimum Gasteiger partial charge on any atom is -0.462 e. The van der Waals surface area contributed by atoms with Crippen LogP contribution in [0.1, 0.15) is 65.3 Å². The Hall–Kier alpha value is -0.330. The molecule has 2 saturated carbocycles. The topological polar surface area (TPSA) is 89.5 Å². The summed E-state index contributed by atoms with van der Waals surface area (Å²) in [5, 5.41) is 0. The first kappa shape index (κ1) is 42.8. The Balaban J connectivity index is 0.000000280. The molecule has 16 atom stereocenters. The number of hydrogen-bond donors (Lipinski definition) is 0.